The molecule has 2 aromatic carbocycles. The van der Waals surface area contributed by atoms with Gasteiger partial charge in [0.25, 0.3) is 10.1 Å². The summed E-state index contributed by atoms with van der Waals surface area (Å²) in [6, 6.07) is 4.29. The number of carbonyl (C=O) groups excluding carboxylic acids is 2. The summed E-state index contributed by atoms with van der Waals surface area (Å²) in [5.41, 5.74) is -0.162. The molecule has 3 atom stereocenters. The lowest BCUT2D eigenvalue weighted by Crippen LogP contribution is -2.49. The van der Waals surface area contributed by atoms with Crippen molar-refractivity contribution >= 4 is 21.7 Å². The highest BCUT2D eigenvalue weighted by Gasteiger charge is 2.50. The van der Waals surface area contributed by atoms with E-state index in [9.17, 15) is 23.1 Å². The van der Waals surface area contributed by atoms with Crippen LogP contribution in [-0.4, -0.2) is 57.5 Å². The number of benzene rings is 2. The summed E-state index contributed by atoms with van der Waals surface area (Å²) in [6.07, 6.45) is -0.480. The Morgan fingerprint density at radius 1 is 1.06 bits per heavy atom. The van der Waals surface area contributed by atoms with E-state index in [0.29, 0.717) is 12.2 Å². The van der Waals surface area contributed by atoms with Gasteiger partial charge in [-0.05, 0) is 18.6 Å². The highest BCUT2D eigenvalue weighted by molar-refractivity contribution is 7.86. The van der Waals surface area contributed by atoms with Crippen LogP contribution in [0.25, 0.3) is 0 Å². The number of phenols is 1. The Labute approximate surface area is 195 Å². The van der Waals surface area contributed by atoms with Gasteiger partial charge >= 0.3 is 0 Å². The van der Waals surface area contributed by atoms with Gasteiger partial charge in [0.05, 0.1) is 37.2 Å². The maximum Gasteiger partial charge on any atom is 0.264 e. The SMILES string of the molecule is COc1cc(OC)c2c(c1)C(=O)c1cc3c(c(O)c1C2=O)[C@H]1O[C@](C)(CC[C@@H]1OS(C)(=O)=O)O3. The van der Waals surface area contributed by atoms with Gasteiger partial charge in [-0.25, -0.2) is 0 Å². The Kier molecular flexibility index (Phi) is 4.94. The van der Waals surface area contributed by atoms with Gasteiger partial charge in [0, 0.05) is 30.5 Å². The molecular formula is C23H22O10S. The normalized spacial score (nSPS) is 25.1. The second-order valence-corrected chi connectivity index (χ2v) is 10.2. The fourth-order valence-corrected chi connectivity index (χ4v) is 5.46. The number of hydrogen-bond acceptors (Lipinski definition) is 10. The molecule has 0 spiro atoms. The van der Waals surface area contributed by atoms with Crippen LogP contribution in [0.5, 0.6) is 23.0 Å². The van der Waals surface area contributed by atoms with Gasteiger partial charge in [0.15, 0.2) is 5.78 Å². The Balaban J connectivity index is 1.72. The predicted octanol–water partition coefficient (Wildman–Crippen LogP) is 2.49. The largest absolute Gasteiger partial charge is 0.507 e. The maximum atomic E-state index is 13.5. The van der Waals surface area contributed by atoms with E-state index in [2.05, 4.69) is 0 Å². The summed E-state index contributed by atoms with van der Waals surface area (Å²) in [5, 5.41) is 11.3. The van der Waals surface area contributed by atoms with Gasteiger partial charge in [-0.3, -0.25) is 13.8 Å². The molecule has 34 heavy (non-hydrogen) atoms. The standard InChI is InChI=1S/C23H22O10S/c1-23-6-5-13(33-34(4,27)28)22(32-23)18-15(31-23)9-12-17(21(18)26)20(25)16-11(19(12)24)7-10(29-2)8-14(16)30-3/h7-9,13,22,26H,5-6H2,1-4H3/t13-,22-,23+/m0/s1. The Hall–Kier alpha value is -3.15. The van der Waals surface area contributed by atoms with Crippen LogP contribution in [0.2, 0.25) is 0 Å². The number of carbonyl (C=O) groups is 2. The van der Waals surface area contributed by atoms with Crippen molar-refractivity contribution in [2.24, 2.45) is 0 Å². The predicted molar refractivity (Wildman–Crippen MR) is 116 cm³/mol. The lowest BCUT2D eigenvalue weighted by molar-refractivity contribution is -0.266. The molecule has 2 aromatic rings. The van der Waals surface area contributed by atoms with E-state index in [1.807, 2.05) is 0 Å². The summed E-state index contributed by atoms with van der Waals surface area (Å²) >= 11 is 0. The molecule has 3 aliphatic rings. The first kappa shape index (κ1) is 22.6. The molecule has 5 rings (SSSR count). The van der Waals surface area contributed by atoms with E-state index in [-0.39, 0.29) is 45.7 Å². The zero-order valence-electron chi connectivity index (χ0n) is 18.8. The number of rotatable bonds is 4. The summed E-state index contributed by atoms with van der Waals surface area (Å²) < 4.78 is 51.4. The van der Waals surface area contributed by atoms with Gasteiger partial charge in [-0.15, -0.1) is 0 Å². The second kappa shape index (κ2) is 7.42. The fraction of sp³-hybridized carbons (Fsp3) is 0.391. The minimum absolute atomic E-state index is 0.00823. The quantitative estimate of drug-likeness (QED) is 0.544. The molecule has 180 valence electrons. The topological polar surface area (TPSA) is 135 Å². The lowest BCUT2D eigenvalue weighted by Gasteiger charge is -2.47. The van der Waals surface area contributed by atoms with Crippen molar-refractivity contribution in [2.75, 3.05) is 20.5 Å². The zero-order valence-corrected chi connectivity index (χ0v) is 19.6. The summed E-state index contributed by atoms with van der Waals surface area (Å²) in [6.45, 7) is 1.67. The van der Waals surface area contributed by atoms with E-state index in [1.54, 1.807) is 6.92 Å². The molecule has 2 aliphatic heterocycles. The van der Waals surface area contributed by atoms with E-state index in [4.69, 9.17) is 23.1 Å². The molecule has 1 N–H and O–H groups in total. The second-order valence-electron chi connectivity index (χ2n) is 8.62. The average Bonchev–Trinajstić information content (AvgIpc) is 2.77. The fourth-order valence-electron chi connectivity index (χ4n) is 4.82. The van der Waals surface area contributed by atoms with Crippen LogP contribution >= 0.6 is 0 Å². The van der Waals surface area contributed by atoms with Crippen molar-refractivity contribution in [3.63, 3.8) is 0 Å². The molecule has 0 aromatic heterocycles. The number of hydrogen-bond donors (Lipinski definition) is 1. The van der Waals surface area contributed by atoms with Crippen molar-refractivity contribution in [2.45, 2.75) is 37.8 Å². The highest BCUT2D eigenvalue weighted by atomic mass is 32.2. The van der Waals surface area contributed by atoms with E-state index >= 15 is 0 Å². The van der Waals surface area contributed by atoms with Crippen LogP contribution in [0.3, 0.4) is 0 Å². The number of methoxy groups -OCH3 is 2. The first-order valence-electron chi connectivity index (χ1n) is 10.5. The van der Waals surface area contributed by atoms with Crippen LogP contribution in [0.4, 0.5) is 0 Å². The van der Waals surface area contributed by atoms with E-state index in [1.165, 1.54) is 32.4 Å². The lowest BCUT2D eigenvalue weighted by atomic mass is 9.80. The molecule has 10 nitrogen and oxygen atoms in total. The molecule has 2 heterocycles. The van der Waals surface area contributed by atoms with E-state index < -0.39 is 45.4 Å². The molecule has 0 amide bonds. The Bertz CT molecular complexity index is 1360. The van der Waals surface area contributed by atoms with Crippen LogP contribution in [-0.2, 0) is 19.0 Å². The van der Waals surface area contributed by atoms with Crippen molar-refractivity contribution in [3.05, 3.63) is 46.0 Å². The molecule has 0 saturated carbocycles. The average molecular weight is 490 g/mol. The van der Waals surface area contributed by atoms with Crippen molar-refractivity contribution in [3.8, 4) is 23.0 Å². The number of ketones is 2. The third kappa shape index (κ3) is 3.34. The van der Waals surface area contributed by atoms with Gasteiger partial charge in [0.1, 0.15) is 35.2 Å². The first-order valence-corrected chi connectivity index (χ1v) is 12.3. The minimum atomic E-state index is -3.84. The number of fused-ring (bicyclic) bond motifs is 6. The third-order valence-electron chi connectivity index (χ3n) is 6.28. The van der Waals surface area contributed by atoms with Gasteiger partial charge in [-0.2, -0.15) is 8.42 Å². The van der Waals surface area contributed by atoms with Crippen molar-refractivity contribution < 1.29 is 46.2 Å². The number of phenolic OH excluding ortho intramolecular Hbond substituents is 1. The maximum absolute atomic E-state index is 13.5. The monoisotopic (exact) mass is 490 g/mol. The van der Waals surface area contributed by atoms with Crippen LogP contribution < -0.4 is 14.2 Å². The molecule has 1 fully saturated rings. The van der Waals surface area contributed by atoms with Crippen molar-refractivity contribution in [1.82, 2.24) is 0 Å². The molecule has 0 unspecified atom stereocenters. The third-order valence-corrected chi connectivity index (χ3v) is 6.88. The summed E-state index contributed by atoms with van der Waals surface area (Å²) in [5.74, 6) is -2.23. The number of ether oxygens (including phenoxy) is 4. The molecule has 11 heteroatoms. The molecular weight excluding hydrogens is 468 g/mol. The van der Waals surface area contributed by atoms with Crippen LogP contribution in [0.15, 0.2) is 18.2 Å². The van der Waals surface area contributed by atoms with Crippen molar-refractivity contribution in [1.29, 1.82) is 0 Å². The first-order chi connectivity index (χ1) is 16.0. The Morgan fingerprint density at radius 2 is 1.76 bits per heavy atom. The summed E-state index contributed by atoms with van der Waals surface area (Å²) in [7, 11) is -1.06. The highest BCUT2D eigenvalue weighted by Crippen LogP contribution is 2.54. The zero-order chi connectivity index (χ0) is 24.6. The molecule has 1 aliphatic carbocycles. The van der Waals surface area contributed by atoms with Gasteiger partial charge in [-0.1, -0.05) is 0 Å². The molecule has 1 saturated heterocycles. The number of aromatic hydroxyl groups is 1. The Morgan fingerprint density at radius 3 is 2.41 bits per heavy atom. The van der Waals surface area contributed by atoms with Gasteiger partial charge in [0.2, 0.25) is 11.6 Å². The smallest absolute Gasteiger partial charge is 0.264 e. The molecule has 2 bridgehead atoms. The summed E-state index contributed by atoms with van der Waals surface area (Å²) in [4.78, 5) is 27.0. The van der Waals surface area contributed by atoms with E-state index in [0.717, 1.165) is 6.26 Å². The van der Waals surface area contributed by atoms with Crippen LogP contribution in [0.1, 0.15) is 63.3 Å². The van der Waals surface area contributed by atoms with Crippen LogP contribution in [0, 0.1) is 0 Å². The van der Waals surface area contributed by atoms with Gasteiger partial charge < -0.3 is 24.1 Å². The minimum Gasteiger partial charge on any atom is -0.507 e. The molecule has 0 radical (unpaired) electrons.